The Morgan fingerprint density at radius 3 is 2.74 bits per heavy atom. The van der Waals surface area contributed by atoms with Crippen LogP contribution in [0.15, 0.2) is 40.9 Å². The summed E-state index contributed by atoms with van der Waals surface area (Å²) in [6.45, 7) is 4.45. The van der Waals surface area contributed by atoms with Gasteiger partial charge in [-0.25, -0.2) is 0 Å². The molecular weight excluding hydrogens is 294 g/mol. The van der Waals surface area contributed by atoms with Crippen molar-refractivity contribution in [3.63, 3.8) is 0 Å². The van der Waals surface area contributed by atoms with Gasteiger partial charge >= 0.3 is 0 Å². The number of aromatic nitrogens is 4. The van der Waals surface area contributed by atoms with Crippen LogP contribution in [0.1, 0.15) is 29.1 Å². The molecule has 0 saturated heterocycles. The van der Waals surface area contributed by atoms with Crippen LogP contribution in [0.25, 0.3) is 11.3 Å². The van der Waals surface area contributed by atoms with Gasteiger partial charge in [0.15, 0.2) is 5.82 Å². The fourth-order valence-electron chi connectivity index (χ4n) is 2.26. The van der Waals surface area contributed by atoms with Crippen molar-refractivity contribution in [2.45, 2.75) is 20.4 Å². The lowest BCUT2D eigenvalue weighted by Gasteiger charge is -2.17. The molecular formula is C16H17N5O2. The smallest absolute Gasteiger partial charge is 0.272 e. The first-order valence-electron chi connectivity index (χ1n) is 7.36. The summed E-state index contributed by atoms with van der Waals surface area (Å²) in [5.41, 5.74) is 2.13. The van der Waals surface area contributed by atoms with Gasteiger partial charge in [-0.15, -0.1) is 0 Å². The maximum absolute atomic E-state index is 12.6. The van der Waals surface area contributed by atoms with Gasteiger partial charge in [-0.05, 0) is 13.0 Å². The molecule has 3 rings (SSSR count). The van der Waals surface area contributed by atoms with Gasteiger partial charge in [0.05, 0.1) is 12.2 Å². The van der Waals surface area contributed by atoms with Gasteiger partial charge in [0.25, 0.3) is 5.91 Å². The van der Waals surface area contributed by atoms with Gasteiger partial charge < -0.3 is 9.42 Å². The minimum Gasteiger partial charge on any atom is -0.340 e. The molecule has 1 aromatic carbocycles. The van der Waals surface area contributed by atoms with Crippen LogP contribution in [0, 0.1) is 6.92 Å². The Bertz CT molecular complexity index is 794. The van der Waals surface area contributed by atoms with E-state index in [-0.39, 0.29) is 5.91 Å². The van der Waals surface area contributed by atoms with Crippen LogP contribution < -0.4 is 0 Å². The second-order valence-corrected chi connectivity index (χ2v) is 5.08. The van der Waals surface area contributed by atoms with E-state index in [0.29, 0.717) is 30.5 Å². The van der Waals surface area contributed by atoms with Crippen LogP contribution in [0.2, 0.25) is 0 Å². The molecule has 2 aromatic heterocycles. The molecule has 0 aliphatic rings. The van der Waals surface area contributed by atoms with Gasteiger partial charge in [-0.3, -0.25) is 9.89 Å². The Kier molecular flexibility index (Phi) is 4.18. The third-order valence-corrected chi connectivity index (χ3v) is 3.45. The SMILES string of the molecule is CCN(Cc1noc(C)n1)C(=O)c1cc(-c2ccccc2)n[nH]1. The number of carbonyl (C=O) groups excluding carboxylic acids is 1. The van der Waals surface area contributed by atoms with Crippen molar-refractivity contribution < 1.29 is 9.32 Å². The Morgan fingerprint density at radius 1 is 1.30 bits per heavy atom. The number of amides is 1. The molecule has 0 aliphatic carbocycles. The van der Waals surface area contributed by atoms with E-state index in [9.17, 15) is 4.79 Å². The highest BCUT2D eigenvalue weighted by Crippen LogP contribution is 2.18. The second kappa shape index (κ2) is 6.43. The monoisotopic (exact) mass is 311 g/mol. The maximum atomic E-state index is 12.6. The average molecular weight is 311 g/mol. The first kappa shape index (κ1) is 15.0. The molecule has 0 bridgehead atoms. The number of hydrogen-bond acceptors (Lipinski definition) is 5. The summed E-state index contributed by atoms with van der Waals surface area (Å²) >= 11 is 0. The van der Waals surface area contributed by atoms with Crippen molar-refractivity contribution in [1.82, 2.24) is 25.2 Å². The zero-order valence-electron chi connectivity index (χ0n) is 13.0. The molecule has 7 heteroatoms. The number of nitrogens with one attached hydrogen (secondary N) is 1. The molecule has 0 aliphatic heterocycles. The van der Waals surface area contributed by atoms with Gasteiger partial charge in [0.2, 0.25) is 5.89 Å². The average Bonchev–Trinajstić information content (AvgIpc) is 3.22. The normalized spacial score (nSPS) is 10.7. The number of benzene rings is 1. The summed E-state index contributed by atoms with van der Waals surface area (Å²) in [5, 5.41) is 10.8. The van der Waals surface area contributed by atoms with E-state index in [2.05, 4.69) is 20.3 Å². The minimum atomic E-state index is -0.148. The summed E-state index contributed by atoms with van der Waals surface area (Å²) in [6, 6.07) is 11.5. The van der Waals surface area contributed by atoms with E-state index in [1.807, 2.05) is 37.3 Å². The van der Waals surface area contributed by atoms with Gasteiger partial charge in [-0.2, -0.15) is 10.1 Å². The van der Waals surface area contributed by atoms with E-state index >= 15 is 0 Å². The van der Waals surface area contributed by atoms with Crippen molar-refractivity contribution in [3.05, 3.63) is 53.8 Å². The van der Waals surface area contributed by atoms with E-state index in [1.165, 1.54) is 0 Å². The van der Waals surface area contributed by atoms with Crippen LogP contribution >= 0.6 is 0 Å². The molecule has 3 aromatic rings. The Balaban J connectivity index is 1.77. The number of H-pyrrole nitrogens is 1. The Labute approximate surface area is 133 Å². The first-order valence-corrected chi connectivity index (χ1v) is 7.36. The molecule has 23 heavy (non-hydrogen) atoms. The van der Waals surface area contributed by atoms with Crippen LogP contribution in [0.3, 0.4) is 0 Å². The van der Waals surface area contributed by atoms with E-state index in [1.54, 1.807) is 17.9 Å². The van der Waals surface area contributed by atoms with Gasteiger partial charge in [-0.1, -0.05) is 35.5 Å². The highest BCUT2D eigenvalue weighted by atomic mass is 16.5. The van der Waals surface area contributed by atoms with Crippen LogP contribution in [0.4, 0.5) is 0 Å². The number of rotatable bonds is 5. The fourth-order valence-corrected chi connectivity index (χ4v) is 2.26. The zero-order chi connectivity index (χ0) is 16.2. The number of carbonyl (C=O) groups is 1. The van der Waals surface area contributed by atoms with Crippen molar-refractivity contribution in [2.24, 2.45) is 0 Å². The summed E-state index contributed by atoms with van der Waals surface area (Å²) < 4.78 is 4.94. The zero-order valence-corrected chi connectivity index (χ0v) is 13.0. The highest BCUT2D eigenvalue weighted by Gasteiger charge is 2.19. The predicted molar refractivity (Wildman–Crippen MR) is 83.5 cm³/mol. The fraction of sp³-hybridized carbons (Fsp3) is 0.250. The lowest BCUT2D eigenvalue weighted by atomic mass is 10.1. The standard InChI is InChI=1S/C16H17N5O2/c1-3-21(10-15-17-11(2)23-20-15)16(22)14-9-13(18-19-14)12-7-5-4-6-8-12/h4-9H,3,10H2,1-2H3,(H,18,19). The minimum absolute atomic E-state index is 0.148. The lowest BCUT2D eigenvalue weighted by molar-refractivity contribution is 0.0741. The summed E-state index contributed by atoms with van der Waals surface area (Å²) in [7, 11) is 0. The van der Waals surface area contributed by atoms with Crippen molar-refractivity contribution in [3.8, 4) is 11.3 Å². The lowest BCUT2D eigenvalue weighted by Crippen LogP contribution is -2.31. The number of nitrogens with zero attached hydrogens (tertiary/aromatic N) is 4. The molecule has 0 spiro atoms. The van der Waals surface area contributed by atoms with Crippen LogP contribution in [0.5, 0.6) is 0 Å². The van der Waals surface area contributed by atoms with Crippen molar-refractivity contribution >= 4 is 5.91 Å². The quantitative estimate of drug-likeness (QED) is 0.782. The molecule has 0 fully saturated rings. The summed E-state index contributed by atoms with van der Waals surface area (Å²) in [5.74, 6) is 0.821. The van der Waals surface area contributed by atoms with E-state index in [0.717, 1.165) is 11.3 Å². The number of aryl methyl sites for hydroxylation is 1. The van der Waals surface area contributed by atoms with Crippen molar-refractivity contribution in [1.29, 1.82) is 0 Å². The Hall–Kier alpha value is -2.96. The van der Waals surface area contributed by atoms with E-state index < -0.39 is 0 Å². The third kappa shape index (κ3) is 3.28. The topological polar surface area (TPSA) is 87.9 Å². The molecule has 0 radical (unpaired) electrons. The number of hydrogen-bond donors (Lipinski definition) is 1. The van der Waals surface area contributed by atoms with E-state index in [4.69, 9.17) is 4.52 Å². The maximum Gasteiger partial charge on any atom is 0.272 e. The largest absolute Gasteiger partial charge is 0.340 e. The van der Waals surface area contributed by atoms with Crippen LogP contribution in [-0.2, 0) is 6.54 Å². The molecule has 1 amide bonds. The molecule has 0 saturated carbocycles. The Morgan fingerprint density at radius 2 is 2.09 bits per heavy atom. The number of aromatic amines is 1. The first-order chi connectivity index (χ1) is 11.2. The highest BCUT2D eigenvalue weighted by molar-refractivity contribution is 5.93. The van der Waals surface area contributed by atoms with Gasteiger partial charge in [0, 0.05) is 19.0 Å². The molecule has 2 heterocycles. The molecule has 1 N–H and O–H groups in total. The van der Waals surface area contributed by atoms with Gasteiger partial charge in [0.1, 0.15) is 5.69 Å². The molecule has 118 valence electrons. The third-order valence-electron chi connectivity index (χ3n) is 3.45. The summed E-state index contributed by atoms with van der Waals surface area (Å²) in [4.78, 5) is 18.4. The second-order valence-electron chi connectivity index (χ2n) is 5.08. The molecule has 7 nitrogen and oxygen atoms in total. The van der Waals surface area contributed by atoms with Crippen molar-refractivity contribution in [2.75, 3.05) is 6.54 Å². The summed E-state index contributed by atoms with van der Waals surface area (Å²) in [6.07, 6.45) is 0. The molecule has 0 unspecified atom stereocenters. The predicted octanol–water partition coefficient (Wildman–Crippen LogP) is 2.43. The molecule has 0 atom stereocenters. The van der Waals surface area contributed by atoms with Crippen LogP contribution in [-0.4, -0.2) is 37.7 Å².